The summed E-state index contributed by atoms with van der Waals surface area (Å²) in [6.07, 6.45) is 4.35. The molecule has 3 nitrogen and oxygen atoms in total. The summed E-state index contributed by atoms with van der Waals surface area (Å²) in [6.45, 7) is 1.60. The van der Waals surface area contributed by atoms with Gasteiger partial charge in [0, 0.05) is 18.2 Å². The molecule has 3 heteroatoms. The highest BCUT2D eigenvalue weighted by Crippen LogP contribution is 2.27. The first-order chi connectivity index (χ1) is 8.77. The number of aromatic nitrogens is 2. The number of hydrogen-bond donors (Lipinski definition) is 0. The molecule has 1 aliphatic carbocycles. The van der Waals surface area contributed by atoms with Crippen molar-refractivity contribution in [2.45, 2.75) is 32.6 Å². The predicted molar refractivity (Wildman–Crippen MR) is 70.2 cm³/mol. The maximum atomic E-state index is 11.7. The molecule has 0 unspecified atom stereocenters. The smallest absolute Gasteiger partial charge is 0.180 e. The van der Waals surface area contributed by atoms with E-state index in [0.29, 0.717) is 5.69 Å². The van der Waals surface area contributed by atoms with E-state index in [0.717, 1.165) is 30.5 Å². The van der Waals surface area contributed by atoms with E-state index in [9.17, 15) is 4.79 Å². The molecule has 1 aliphatic rings. The lowest BCUT2D eigenvalue weighted by atomic mass is 9.95. The Kier molecular flexibility index (Phi) is 2.74. The van der Waals surface area contributed by atoms with E-state index >= 15 is 0 Å². The number of para-hydroxylation sites is 1. The lowest BCUT2D eigenvalue weighted by molar-refractivity contribution is 0.101. The first-order valence-electron chi connectivity index (χ1n) is 6.44. The number of carbonyl (C=O) groups excluding carboxylic acids is 1. The van der Waals surface area contributed by atoms with Gasteiger partial charge in [0.1, 0.15) is 5.69 Å². The van der Waals surface area contributed by atoms with Gasteiger partial charge in [-0.1, -0.05) is 18.2 Å². The first kappa shape index (κ1) is 11.2. The van der Waals surface area contributed by atoms with Crippen LogP contribution in [0, 0.1) is 0 Å². The Labute approximate surface area is 106 Å². The van der Waals surface area contributed by atoms with Crippen LogP contribution < -0.4 is 0 Å². The molecule has 0 radical (unpaired) electrons. The predicted octanol–water partition coefficient (Wildman–Crippen LogP) is 2.95. The van der Waals surface area contributed by atoms with Crippen molar-refractivity contribution in [3.8, 4) is 5.69 Å². The molecule has 0 saturated heterocycles. The van der Waals surface area contributed by atoms with Crippen LogP contribution in [0.2, 0.25) is 0 Å². The van der Waals surface area contributed by atoms with Gasteiger partial charge in [-0.15, -0.1) is 0 Å². The SMILES string of the molecule is CC(=O)c1nn(-c2ccccc2)c2c1CCCC2. The fourth-order valence-electron chi connectivity index (χ4n) is 2.66. The standard InChI is InChI=1S/C15H16N2O/c1-11(18)15-13-9-5-6-10-14(13)17(16-15)12-7-3-2-4-8-12/h2-4,7-8H,5-6,9-10H2,1H3. The van der Waals surface area contributed by atoms with E-state index < -0.39 is 0 Å². The molecule has 0 atom stereocenters. The van der Waals surface area contributed by atoms with Crippen molar-refractivity contribution < 1.29 is 4.79 Å². The van der Waals surface area contributed by atoms with Gasteiger partial charge in [-0.25, -0.2) is 4.68 Å². The van der Waals surface area contributed by atoms with Crippen LogP contribution in [0.15, 0.2) is 30.3 Å². The lowest BCUT2D eigenvalue weighted by Gasteiger charge is -2.13. The van der Waals surface area contributed by atoms with Crippen molar-refractivity contribution in [2.24, 2.45) is 0 Å². The maximum absolute atomic E-state index is 11.7. The van der Waals surface area contributed by atoms with Crippen LogP contribution >= 0.6 is 0 Å². The van der Waals surface area contributed by atoms with Crippen LogP contribution in [-0.4, -0.2) is 15.6 Å². The minimum atomic E-state index is 0.0721. The number of rotatable bonds is 2. The lowest BCUT2D eigenvalue weighted by Crippen LogP contribution is -2.07. The van der Waals surface area contributed by atoms with Crippen LogP contribution in [0.5, 0.6) is 0 Å². The molecule has 0 saturated carbocycles. The van der Waals surface area contributed by atoms with E-state index in [2.05, 4.69) is 5.10 Å². The molecule has 92 valence electrons. The van der Waals surface area contributed by atoms with Crippen molar-refractivity contribution in [1.82, 2.24) is 9.78 Å². The molecule has 0 aliphatic heterocycles. The molecular formula is C15H16N2O. The summed E-state index contributed by atoms with van der Waals surface area (Å²) in [4.78, 5) is 11.7. The first-order valence-corrected chi connectivity index (χ1v) is 6.44. The van der Waals surface area contributed by atoms with Crippen molar-refractivity contribution in [3.63, 3.8) is 0 Å². The number of benzene rings is 1. The Balaban J connectivity index is 2.18. The second-order valence-electron chi connectivity index (χ2n) is 4.78. The number of ketones is 1. The van der Waals surface area contributed by atoms with Crippen LogP contribution in [0.3, 0.4) is 0 Å². The third-order valence-electron chi connectivity index (χ3n) is 3.51. The van der Waals surface area contributed by atoms with Gasteiger partial charge in [0.2, 0.25) is 0 Å². The molecule has 0 spiro atoms. The highest BCUT2D eigenvalue weighted by atomic mass is 16.1. The molecule has 0 fully saturated rings. The molecule has 18 heavy (non-hydrogen) atoms. The Hall–Kier alpha value is -1.90. The topological polar surface area (TPSA) is 34.9 Å². The zero-order chi connectivity index (χ0) is 12.5. The van der Waals surface area contributed by atoms with Crippen LogP contribution in [-0.2, 0) is 12.8 Å². The van der Waals surface area contributed by atoms with Crippen molar-refractivity contribution >= 4 is 5.78 Å². The van der Waals surface area contributed by atoms with E-state index in [4.69, 9.17) is 0 Å². The second-order valence-corrected chi connectivity index (χ2v) is 4.78. The Morgan fingerprint density at radius 3 is 2.61 bits per heavy atom. The molecular weight excluding hydrogens is 224 g/mol. The third-order valence-corrected chi connectivity index (χ3v) is 3.51. The van der Waals surface area contributed by atoms with Gasteiger partial charge in [0.05, 0.1) is 5.69 Å². The molecule has 0 bridgehead atoms. The maximum Gasteiger partial charge on any atom is 0.180 e. The average molecular weight is 240 g/mol. The van der Waals surface area contributed by atoms with Gasteiger partial charge >= 0.3 is 0 Å². The summed E-state index contributed by atoms with van der Waals surface area (Å²) in [7, 11) is 0. The summed E-state index contributed by atoms with van der Waals surface area (Å²) in [5.41, 5.74) is 4.09. The van der Waals surface area contributed by atoms with E-state index in [1.807, 2.05) is 35.0 Å². The molecule has 3 rings (SSSR count). The normalized spacial score (nSPS) is 14.3. The molecule has 1 aromatic carbocycles. The number of hydrogen-bond acceptors (Lipinski definition) is 2. The Morgan fingerprint density at radius 2 is 1.89 bits per heavy atom. The highest BCUT2D eigenvalue weighted by Gasteiger charge is 2.23. The van der Waals surface area contributed by atoms with Crippen LogP contribution in [0.1, 0.15) is 41.5 Å². The molecule has 0 amide bonds. The fraction of sp³-hybridized carbons (Fsp3) is 0.333. The van der Waals surface area contributed by atoms with Gasteiger partial charge in [0.15, 0.2) is 5.78 Å². The summed E-state index contributed by atoms with van der Waals surface area (Å²) < 4.78 is 1.95. The number of nitrogens with zero attached hydrogens (tertiary/aromatic N) is 2. The molecule has 0 N–H and O–H groups in total. The fourth-order valence-corrected chi connectivity index (χ4v) is 2.66. The average Bonchev–Trinajstić information content (AvgIpc) is 2.79. The van der Waals surface area contributed by atoms with Crippen molar-refractivity contribution in [1.29, 1.82) is 0 Å². The Morgan fingerprint density at radius 1 is 1.17 bits per heavy atom. The quantitative estimate of drug-likeness (QED) is 0.756. The monoisotopic (exact) mass is 240 g/mol. The van der Waals surface area contributed by atoms with Gasteiger partial charge in [-0.2, -0.15) is 5.10 Å². The molecule has 2 aromatic rings. The van der Waals surface area contributed by atoms with Crippen molar-refractivity contribution in [2.75, 3.05) is 0 Å². The minimum Gasteiger partial charge on any atom is -0.293 e. The zero-order valence-corrected chi connectivity index (χ0v) is 10.5. The summed E-state index contributed by atoms with van der Waals surface area (Å²) in [5.74, 6) is 0.0721. The number of carbonyl (C=O) groups is 1. The molecule has 1 aromatic heterocycles. The van der Waals surface area contributed by atoms with E-state index in [1.54, 1.807) is 6.92 Å². The summed E-state index contributed by atoms with van der Waals surface area (Å²) >= 11 is 0. The summed E-state index contributed by atoms with van der Waals surface area (Å²) in [5, 5.41) is 4.53. The van der Waals surface area contributed by atoms with Gasteiger partial charge in [0.25, 0.3) is 0 Å². The van der Waals surface area contributed by atoms with Gasteiger partial charge in [-0.05, 0) is 37.8 Å². The van der Waals surface area contributed by atoms with Crippen LogP contribution in [0.4, 0.5) is 0 Å². The van der Waals surface area contributed by atoms with E-state index in [-0.39, 0.29) is 5.78 Å². The van der Waals surface area contributed by atoms with Gasteiger partial charge < -0.3 is 0 Å². The molecule has 1 heterocycles. The largest absolute Gasteiger partial charge is 0.293 e. The van der Waals surface area contributed by atoms with Gasteiger partial charge in [-0.3, -0.25) is 4.79 Å². The second kappa shape index (κ2) is 4.41. The van der Waals surface area contributed by atoms with E-state index in [1.165, 1.54) is 12.1 Å². The number of fused-ring (bicyclic) bond motifs is 1. The third kappa shape index (κ3) is 1.76. The number of Topliss-reactive ketones (excluding diaryl/α,β-unsaturated/α-hetero) is 1. The van der Waals surface area contributed by atoms with Crippen LogP contribution in [0.25, 0.3) is 5.69 Å². The Bertz CT molecular complexity index is 584. The summed E-state index contributed by atoms with van der Waals surface area (Å²) in [6, 6.07) is 10.1. The van der Waals surface area contributed by atoms with Crippen molar-refractivity contribution in [3.05, 3.63) is 47.3 Å². The zero-order valence-electron chi connectivity index (χ0n) is 10.5. The highest BCUT2D eigenvalue weighted by molar-refractivity contribution is 5.94. The minimum absolute atomic E-state index is 0.0721.